The fourth-order valence-corrected chi connectivity index (χ4v) is 5.32. The zero-order valence-electron chi connectivity index (χ0n) is 18.7. The predicted octanol–water partition coefficient (Wildman–Crippen LogP) is 6.77. The van der Waals surface area contributed by atoms with E-state index in [4.69, 9.17) is 58.0 Å². The van der Waals surface area contributed by atoms with Crippen LogP contribution in [0, 0.1) is 11.8 Å². The Balaban J connectivity index is 1.72. The molecule has 38 heavy (non-hydrogen) atoms. The molecule has 0 aromatic heterocycles. The highest BCUT2D eigenvalue weighted by Gasteiger charge is 2.67. The van der Waals surface area contributed by atoms with Crippen molar-refractivity contribution in [3.8, 4) is 0 Å². The normalized spacial score (nSPS) is 19.3. The fourth-order valence-electron chi connectivity index (χ4n) is 3.74. The van der Waals surface area contributed by atoms with Gasteiger partial charge in [-0.05, 0) is 42.0 Å². The van der Waals surface area contributed by atoms with E-state index >= 15 is 0 Å². The van der Waals surface area contributed by atoms with E-state index < -0.39 is 57.5 Å². The number of amides is 3. The first-order valence-corrected chi connectivity index (χ1v) is 12.2. The molecule has 206 valence electrons. The molecule has 0 aliphatic heterocycles. The van der Waals surface area contributed by atoms with Gasteiger partial charge in [-0.15, -0.1) is 23.2 Å². The second-order valence-electron chi connectivity index (χ2n) is 8.39. The van der Waals surface area contributed by atoms with Crippen LogP contribution in [-0.4, -0.2) is 34.2 Å². The molecule has 0 heterocycles. The first-order valence-electron chi connectivity index (χ1n) is 10.3. The van der Waals surface area contributed by atoms with Gasteiger partial charge in [0.2, 0.25) is 5.91 Å². The summed E-state index contributed by atoms with van der Waals surface area (Å²) in [5.41, 5.74) is 3.01. The molecule has 0 spiro atoms. The van der Waals surface area contributed by atoms with Crippen molar-refractivity contribution in [2.24, 2.45) is 11.8 Å². The Morgan fingerprint density at radius 3 is 2.03 bits per heavy atom. The zero-order chi connectivity index (χ0) is 28.8. The average Bonchev–Trinajstić information content (AvgIpc) is 3.32. The highest BCUT2D eigenvalue weighted by Crippen LogP contribution is 2.65. The number of carbonyl (C=O) groups excluding carboxylic acids is 3. The van der Waals surface area contributed by atoms with E-state index in [1.165, 1.54) is 23.6 Å². The molecule has 0 radical (unpaired) electrons. The molecule has 6 nitrogen and oxygen atoms in total. The molecule has 3 atom stereocenters. The van der Waals surface area contributed by atoms with Crippen molar-refractivity contribution in [3.63, 3.8) is 0 Å². The highest BCUT2D eigenvalue weighted by atomic mass is 35.5. The van der Waals surface area contributed by atoms with E-state index in [1.807, 2.05) is 0 Å². The summed E-state index contributed by atoms with van der Waals surface area (Å²) < 4.78 is 63.9. The van der Waals surface area contributed by atoms with E-state index in [0.29, 0.717) is 15.6 Å². The number of nitrogens with one attached hydrogen (secondary N) is 3. The van der Waals surface area contributed by atoms with Crippen LogP contribution in [0.4, 0.5) is 27.6 Å². The van der Waals surface area contributed by atoms with Gasteiger partial charge in [0, 0.05) is 28.6 Å². The number of hydrogen-bond acceptors (Lipinski definition) is 3. The quantitative estimate of drug-likeness (QED) is 0.185. The molecular formula is C22H15Cl5F5N3O3. The number of rotatable bonds is 6. The number of hydrazine groups is 1. The lowest BCUT2D eigenvalue weighted by Gasteiger charge is -2.24. The monoisotopic (exact) mass is 639 g/mol. The first-order chi connectivity index (χ1) is 17.3. The Morgan fingerprint density at radius 2 is 1.50 bits per heavy atom. The Bertz CT molecular complexity index is 1250. The first kappa shape index (κ1) is 30.5. The summed E-state index contributed by atoms with van der Waals surface area (Å²) >= 11 is 30.6. The molecule has 1 saturated carbocycles. The van der Waals surface area contributed by atoms with Crippen LogP contribution in [0.15, 0.2) is 36.4 Å². The Hall–Kier alpha value is -2.05. The lowest BCUT2D eigenvalue weighted by Crippen LogP contribution is -2.53. The summed E-state index contributed by atoms with van der Waals surface area (Å²) in [6, 6.07) is 8.07. The maximum atomic E-state index is 13.3. The van der Waals surface area contributed by atoms with Crippen LogP contribution in [0.2, 0.25) is 15.1 Å². The van der Waals surface area contributed by atoms with E-state index in [0.717, 1.165) is 6.07 Å². The van der Waals surface area contributed by atoms with Crippen LogP contribution in [0.3, 0.4) is 0 Å². The van der Waals surface area contributed by atoms with E-state index in [9.17, 15) is 36.3 Å². The van der Waals surface area contributed by atoms with Crippen LogP contribution >= 0.6 is 58.0 Å². The van der Waals surface area contributed by atoms with Crippen LogP contribution < -0.4 is 16.2 Å². The lowest BCUT2D eigenvalue weighted by atomic mass is 10.0. The molecule has 2 aromatic rings. The largest absolute Gasteiger partial charge is 0.406 e. The van der Waals surface area contributed by atoms with Gasteiger partial charge < -0.3 is 5.32 Å². The van der Waals surface area contributed by atoms with Crippen molar-refractivity contribution in [2.75, 3.05) is 5.32 Å². The van der Waals surface area contributed by atoms with Crippen molar-refractivity contribution in [1.29, 1.82) is 0 Å². The topological polar surface area (TPSA) is 87.3 Å². The average molecular weight is 642 g/mol. The van der Waals surface area contributed by atoms with Crippen LogP contribution in [0.5, 0.6) is 0 Å². The number of benzene rings is 2. The van der Waals surface area contributed by atoms with Gasteiger partial charge in [0.15, 0.2) is 5.92 Å². The van der Waals surface area contributed by atoms with Gasteiger partial charge in [0.1, 0.15) is 4.33 Å². The SMILES string of the molecule is CC(F)(F)C(C(=O)NNC(=O)c1cc(NC(=O)C2C(c3cc(Cl)cc(Cl)c3)C2(Cl)Cl)ccc1Cl)C(F)(F)F. The van der Waals surface area contributed by atoms with Gasteiger partial charge in [-0.25, -0.2) is 8.78 Å². The summed E-state index contributed by atoms with van der Waals surface area (Å²) in [6.07, 6.45) is -5.59. The van der Waals surface area contributed by atoms with Crippen molar-refractivity contribution in [3.05, 3.63) is 62.6 Å². The van der Waals surface area contributed by atoms with Crippen molar-refractivity contribution in [1.82, 2.24) is 10.9 Å². The number of carbonyl (C=O) groups is 3. The minimum atomic E-state index is -5.59. The number of halogens is 10. The zero-order valence-corrected chi connectivity index (χ0v) is 22.5. The van der Waals surface area contributed by atoms with Crippen LogP contribution in [-0.2, 0) is 9.59 Å². The molecule has 2 aromatic carbocycles. The minimum Gasteiger partial charge on any atom is -0.326 e. The minimum absolute atomic E-state index is 0.00282. The van der Waals surface area contributed by atoms with Crippen molar-refractivity contribution in [2.45, 2.75) is 29.3 Å². The van der Waals surface area contributed by atoms with Crippen molar-refractivity contribution >= 4 is 81.4 Å². The number of anilines is 1. The predicted molar refractivity (Wildman–Crippen MR) is 133 cm³/mol. The molecule has 1 aliphatic rings. The fraction of sp³-hybridized carbons (Fsp3) is 0.318. The standard InChI is InChI=1S/C22H15Cl5F5N3O3/c1-20(28,29)16(22(30,31)32)19(38)35-34-17(36)12-7-11(2-3-13(12)25)33-18(37)15-14(21(15,26)27)8-4-9(23)6-10(24)5-8/h2-7,14-16H,1H3,(H,33,37)(H,34,36)(H,35,38). The molecule has 3 rings (SSSR count). The van der Waals surface area contributed by atoms with E-state index in [1.54, 1.807) is 17.6 Å². The molecule has 3 amide bonds. The van der Waals surface area contributed by atoms with Gasteiger partial charge in [-0.1, -0.05) is 34.8 Å². The van der Waals surface area contributed by atoms with Gasteiger partial charge in [-0.2, -0.15) is 13.2 Å². The second-order valence-corrected chi connectivity index (χ2v) is 11.1. The third kappa shape index (κ3) is 6.74. The number of hydrogen-bond donors (Lipinski definition) is 3. The molecular weight excluding hydrogens is 627 g/mol. The van der Waals surface area contributed by atoms with Gasteiger partial charge in [-0.3, -0.25) is 25.2 Å². The third-order valence-corrected chi connectivity index (χ3v) is 7.16. The summed E-state index contributed by atoms with van der Waals surface area (Å²) in [5.74, 6) is -13.9. The summed E-state index contributed by atoms with van der Waals surface area (Å²) in [6.45, 7) is -0.0860. The Labute approximate surface area is 237 Å². The van der Waals surface area contributed by atoms with Crippen molar-refractivity contribution < 1.29 is 36.3 Å². The molecule has 1 aliphatic carbocycles. The smallest absolute Gasteiger partial charge is 0.326 e. The Kier molecular flexibility index (Phi) is 8.70. The maximum absolute atomic E-state index is 13.3. The van der Waals surface area contributed by atoms with E-state index in [2.05, 4.69) is 5.32 Å². The van der Waals surface area contributed by atoms with Gasteiger partial charge >= 0.3 is 6.18 Å². The second kappa shape index (κ2) is 10.8. The summed E-state index contributed by atoms with van der Waals surface area (Å²) in [5, 5.41) is 2.85. The number of alkyl halides is 7. The third-order valence-electron chi connectivity index (χ3n) is 5.45. The van der Waals surface area contributed by atoms with Crippen LogP contribution in [0.25, 0.3) is 0 Å². The molecule has 3 unspecified atom stereocenters. The van der Waals surface area contributed by atoms with Gasteiger partial charge in [0.25, 0.3) is 17.7 Å². The highest BCUT2D eigenvalue weighted by molar-refractivity contribution is 6.53. The maximum Gasteiger partial charge on any atom is 0.406 e. The molecule has 16 heteroatoms. The molecule has 3 N–H and O–H groups in total. The molecule has 0 saturated heterocycles. The lowest BCUT2D eigenvalue weighted by molar-refractivity contribution is -0.230. The molecule has 0 bridgehead atoms. The van der Waals surface area contributed by atoms with E-state index in [-0.39, 0.29) is 17.6 Å². The molecule has 1 fully saturated rings. The Morgan fingerprint density at radius 1 is 0.921 bits per heavy atom. The summed E-state index contributed by atoms with van der Waals surface area (Å²) in [4.78, 5) is 37.0. The van der Waals surface area contributed by atoms with Gasteiger partial charge in [0.05, 0.1) is 16.5 Å². The summed E-state index contributed by atoms with van der Waals surface area (Å²) in [7, 11) is 0. The van der Waals surface area contributed by atoms with Crippen LogP contribution in [0.1, 0.15) is 28.8 Å².